The van der Waals surface area contributed by atoms with Crippen LogP contribution in [0.1, 0.15) is 32.4 Å². The summed E-state index contributed by atoms with van der Waals surface area (Å²) in [5.41, 5.74) is 1.50. The molecule has 0 spiro atoms. The third kappa shape index (κ3) is 3.72. The summed E-state index contributed by atoms with van der Waals surface area (Å²) < 4.78 is 0. The minimum Gasteiger partial charge on any atom is -0.477 e. The molecule has 1 saturated heterocycles. The molecule has 2 heterocycles. The topological polar surface area (TPSA) is 98.7 Å². The maximum Gasteiger partial charge on any atom is 0.352 e. The van der Waals surface area contributed by atoms with Gasteiger partial charge in [0.15, 0.2) is 0 Å². The van der Waals surface area contributed by atoms with Crippen molar-refractivity contribution >= 4 is 29.5 Å². The number of carboxylic acids is 1. The Bertz CT molecular complexity index is 793. The van der Waals surface area contributed by atoms with E-state index in [1.807, 2.05) is 44.2 Å². The van der Waals surface area contributed by atoms with E-state index in [-0.39, 0.29) is 28.9 Å². The van der Waals surface area contributed by atoms with Crippen molar-refractivity contribution in [2.24, 2.45) is 0 Å². The molecule has 1 unspecified atom stereocenters. The van der Waals surface area contributed by atoms with Crippen molar-refractivity contribution in [2.75, 3.05) is 5.75 Å². The Kier molecular flexibility index (Phi) is 5.57. The highest BCUT2D eigenvalue weighted by Gasteiger charge is 2.54. The maximum absolute atomic E-state index is 12.9. The highest BCUT2D eigenvalue weighted by atomic mass is 32.2. The first-order valence-electron chi connectivity index (χ1n) is 8.80. The van der Waals surface area contributed by atoms with E-state index in [1.54, 1.807) is 6.92 Å². The summed E-state index contributed by atoms with van der Waals surface area (Å²) in [6, 6.07) is 8.08. The Morgan fingerprint density at radius 2 is 1.93 bits per heavy atom. The molecular weight excluding hydrogens is 366 g/mol. The quantitative estimate of drug-likeness (QED) is 0.638. The third-order valence-corrected chi connectivity index (χ3v) is 5.98. The van der Waals surface area contributed by atoms with Crippen LogP contribution in [0.15, 0.2) is 41.6 Å². The Balaban J connectivity index is 1.76. The largest absolute Gasteiger partial charge is 0.477 e. The molecule has 2 amide bonds. The fraction of sp³-hybridized carbons (Fsp3) is 0.421. The van der Waals surface area contributed by atoms with E-state index in [1.165, 1.54) is 16.7 Å². The van der Waals surface area contributed by atoms with Gasteiger partial charge in [-0.25, -0.2) is 4.79 Å². The molecule has 1 fully saturated rings. The lowest BCUT2D eigenvalue weighted by molar-refractivity contribution is -0.151. The maximum atomic E-state index is 12.9. The van der Waals surface area contributed by atoms with Gasteiger partial charge in [-0.1, -0.05) is 30.3 Å². The van der Waals surface area contributed by atoms with Gasteiger partial charge in [0.2, 0.25) is 5.91 Å². The van der Waals surface area contributed by atoms with Crippen LogP contribution in [-0.4, -0.2) is 51.0 Å². The molecule has 7 nitrogen and oxygen atoms in total. The van der Waals surface area contributed by atoms with Gasteiger partial charge in [-0.2, -0.15) is 0 Å². The number of carbonyl (C=O) groups excluding carboxylic acids is 2. The Labute approximate surface area is 162 Å². The Morgan fingerprint density at radius 3 is 2.52 bits per heavy atom. The predicted molar refractivity (Wildman–Crippen MR) is 103 cm³/mol. The molecule has 2 aliphatic heterocycles. The van der Waals surface area contributed by atoms with Gasteiger partial charge in [-0.3, -0.25) is 19.8 Å². The summed E-state index contributed by atoms with van der Waals surface area (Å²) in [6.45, 7) is 5.61. The molecule has 0 aliphatic carbocycles. The van der Waals surface area contributed by atoms with E-state index in [2.05, 4.69) is 10.6 Å². The lowest BCUT2D eigenvalue weighted by atomic mass is 10.0. The monoisotopic (exact) mass is 389 g/mol. The molecule has 0 bridgehead atoms. The minimum absolute atomic E-state index is 0.0363. The second kappa shape index (κ2) is 7.74. The van der Waals surface area contributed by atoms with Crippen molar-refractivity contribution < 1.29 is 19.5 Å². The molecule has 8 heteroatoms. The van der Waals surface area contributed by atoms with Crippen LogP contribution < -0.4 is 10.6 Å². The molecule has 0 aromatic heterocycles. The zero-order valence-corrected chi connectivity index (χ0v) is 16.2. The first-order chi connectivity index (χ1) is 12.8. The summed E-state index contributed by atoms with van der Waals surface area (Å²) in [6.07, 6.45) is 0. The highest BCUT2D eigenvalue weighted by Crippen LogP contribution is 2.40. The summed E-state index contributed by atoms with van der Waals surface area (Å²) in [5.74, 6) is -1.26. The Hall–Kier alpha value is -2.32. The van der Waals surface area contributed by atoms with Crippen LogP contribution in [0, 0.1) is 0 Å². The van der Waals surface area contributed by atoms with Gasteiger partial charge in [0.1, 0.15) is 23.2 Å². The van der Waals surface area contributed by atoms with Crippen LogP contribution in [0.2, 0.25) is 0 Å². The highest BCUT2D eigenvalue weighted by molar-refractivity contribution is 8.00. The number of fused-ring (bicyclic) bond motifs is 1. The van der Waals surface area contributed by atoms with Crippen LogP contribution >= 0.6 is 11.8 Å². The zero-order chi connectivity index (χ0) is 19.7. The van der Waals surface area contributed by atoms with Gasteiger partial charge in [-0.15, -0.1) is 11.8 Å². The molecule has 0 saturated carbocycles. The van der Waals surface area contributed by atoms with Gasteiger partial charge in [0.05, 0.1) is 0 Å². The third-order valence-electron chi connectivity index (χ3n) is 4.55. The Morgan fingerprint density at radius 1 is 1.26 bits per heavy atom. The smallest absolute Gasteiger partial charge is 0.352 e. The van der Waals surface area contributed by atoms with E-state index < -0.39 is 18.1 Å². The van der Waals surface area contributed by atoms with Gasteiger partial charge in [-0.05, 0) is 31.9 Å². The van der Waals surface area contributed by atoms with Crippen molar-refractivity contribution in [1.82, 2.24) is 15.5 Å². The van der Waals surface area contributed by atoms with Crippen LogP contribution in [0.25, 0.3) is 0 Å². The number of aliphatic carboxylic acids is 1. The number of rotatable bonds is 6. The number of nitrogens with one attached hydrogen (secondary N) is 2. The van der Waals surface area contributed by atoms with E-state index in [0.717, 1.165) is 5.56 Å². The van der Waals surface area contributed by atoms with E-state index in [9.17, 15) is 19.5 Å². The number of thioether (sulfide) groups is 1. The summed E-state index contributed by atoms with van der Waals surface area (Å²) in [4.78, 5) is 38.2. The van der Waals surface area contributed by atoms with Crippen LogP contribution in [0.5, 0.6) is 0 Å². The number of amides is 2. The second-order valence-electron chi connectivity index (χ2n) is 7.00. The fourth-order valence-corrected chi connectivity index (χ4v) is 4.61. The van der Waals surface area contributed by atoms with E-state index >= 15 is 0 Å². The summed E-state index contributed by atoms with van der Waals surface area (Å²) >= 11 is 1.47. The van der Waals surface area contributed by atoms with Crippen molar-refractivity contribution in [3.8, 4) is 0 Å². The van der Waals surface area contributed by atoms with Gasteiger partial charge in [0.25, 0.3) is 5.91 Å². The van der Waals surface area contributed by atoms with Gasteiger partial charge in [0, 0.05) is 11.8 Å². The summed E-state index contributed by atoms with van der Waals surface area (Å²) in [7, 11) is 0. The number of benzene rings is 1. The fourth-order valence-electron chi connectivity index (χ4n) is 3.31. The molecule has 3 atom stereocenters. The molecule has 1 aromatic carbocycles. The lowest BCUT2D eigenvalue weighted by Crippen LogP contribution is -2.71. The number of nitrogens with zero attached hydrogens (tertiary/aromatic N) is 1. The molecule has 3 N–H and O–H groups in total. The molecule has 144 valence electrons. The minimum atomic E-state index is -1.11. The molecular formula is C19H23N3O4S. The van der Waals surface area contributed by atoms with Crippen LogP contribution in [0.3, 0.4) is 0 Å². The van der Waals surface area contributed by atoms with Crippen molar-refractivity contribution in [3.63, 3.8) is 0 Å². The standard InChI is InChI=1S/C19H23N3O4S/c1-10(2)20-13(12-7-5-4-6-8-12)16(23)21-14-17(24)22-15(19(25)26)11(3)9-27-18(14)22/h4-8,10,13-14,18,20H,9H2,1-3H3,(H,21,23)(H,25,26)/t13?,14-,18-/m1/s1. The van der Waals surface area contributed by atoms with Crippen LogP contribution in [0.4, 0.5) is 0 Å². The predicted octanol–water partition coefficient (Wildman–Crippen LogP) is 1.48. The van der Waals surface area contributed by atoms with Crippen LogP contribution in [-0.2, 0) is 14.4 Å². The number of carboxylic acid groups (broad SMARTS) is 1. The molecule has 2 aliphatic rings. The molecule has 1 aromatic rings. The zero-order valence-electron chi connectivity index (χ0n) is 15.4. The number of hydrogen-bond donors (Lipinski definition) is 3. The van der Waals surface area contributed by atoms with E-state index in [0.29, 0.717) is 11.3 Å². The van der Waals surface area contributed by atoms with Gasteiger partial charge < -0.3 is 10.4 Å². The summed E-state index contributed by atoms with van der Waals surface area (Å²) in [5, 5.41) is 15.0. The SMILES string of the molecule is CC1=C(C(=O)O)N2C(=O)[C@@H](NC(=O)C(NC(C)C)c3ccccc3)[C@H]2SC1. The second-order valence-corrected chi connectivity index (χ2v) is 8.10. The van der Waals surface area contributed by atoms with Gasteiger partial charge >= 0.3 is 5.97 Å². The molecule has 0 radical (unpaired) electrons. The average molecular weight is 389 g/mol. The number of carbonyl (C=O) groups is 3. The molecule has 3 rings (SSSR count). The first-order valence-corrected chi connectivity index (χ1v) is 9.85. The lowest BCUT2D eigenvalue weighted by Gasteiger charge is -2.49. The van der Waals surface area contributed by atoms with Crippen molar-refractivity contribution in [3.05, 3.63) is 47.2 Å². The number of hydrogen-bond acceptors (Lipinski definition) is 5. The molecule has 27 heavy (non-hydrogen) atoms. The van der Waals surface area contributed by atoms with Crippen molar-refractivity contribution in [1.29, 1.82) is 0 Å². The number of β-lactam (4-membered cyclic amide) rings is 1. The normalized spacial score (nSPS) is 23.0. The first kappa shape index (κ1) is 19.4. The van der Waals surface area contributed by atoms with Crippen molar-refractivity contribution in [2.45, 2.75) is 44.3 Å². The van der Waals surface area contributed by atoms with E-state index in [4.69, 9.17) is 0 Å². The average Bonchev–Trinajstić information content (AvgIpc) is 2.64.